The highest BCUT2D eigenvalue weighted by atomic mass is 32.1. The summed E-state index contributed by atoms with van der Waals surface area (Å²) < 4.78 is 10.7. The van der Waals surface area contributed by atoms with Gasteiger partial charge in [-0.05, 0) is 35.7 Å². The highest BCUT2D eigenvalue weighted by Crippen LogP contribution is 2.41. The second-order valence-corrected chi connectivity index (χ2v) is 7.53. The van der Waals surface area contributed by atoms with Crippen molar-refractivity contribution in [3.05, 3.63) is 76.6 Å². The third-order valence-corrected chi connectivity index (χ3v) is 5.82. The minimum atomic E-state index is -0.415. The Bertz CT molecular complexity index is 1120. The molecule has 1 aliphatic heterocycles. The molecule has 0 saturated heterocycles. The summed E-state index contributed by atoms with van der Waals surface area (Å²) in [5.74, 6) is 0.119. The molecule has 30 heavy (non-hydrogen) atoms. The summed E-state index contributed by atoms with van der Waals surface area (Å²) in [7, 11) is 4.82. The minimum Gasteiger partial charge on any atom is -0.497 e. The third-order valence-electron chi connectivity index (χ3n) is 4.93. The van der Waals surface area contributed by atoms with Crippen molar-refractivity contribution < 1.29 is 19.1 Å². The largest absolute Gasteiger partial charge is 0.497 e. The maximum absolute atomic E-state index is 13.6. The maximum Gasteiger partial charge on any atom is 0.282 e. The lowest BCUT2D eigenvalue weighted by molar-refractivity contribution is -0.120. The number of imide groups is 1. The van der Waals surface area contributed by atoms with Gasteiger partial charge in [-0.3, -0.25) is 9.59 Å². The van der Waals surface area contributed by atoms with E-state index in [9.17, 15) is 9.59 Å². The third kappa shape index (κ3) is 3.23. The molecule has 6 nitrogen and oxygen atoms in total. The number of nitrogens with zero attached hydrogens (tertiary/aromatic N) is 2. The monoisotopic (exact) mass is 420 g/mol. The zero-order valence-electron chi connectivity index (χ0n) is 16.8. The fourth-order valence-corrected chi connectivity index (χ4v) is 4.21. The van der Waals surface area contributed by atoms with E-state index in [0.29, 0.717) is 28.5 Å². The molecule has 1 aliphatic rings. The summed E-state index contributed by atoms with van der Waals surface area (Å²) in [4.78, 5) is 30.8. The number of ether oxygens (including phenoxy) is 2. The number of rotatable bonds is 6. The smallest absolute Gasteiger partial charge is 0.282 e. The van der Waals surface area contributed by atoms with Gasteiger partial charge in [0.15, 0.2) is 0 Å². The van der Waals surface area contributed by atoms with E-state index in [1.807, 2.05) is 47.8 Å². The quantitative estimate of drug-likeness (QED) is 0.560. The lowest BCUT2D eigenvalue weighted by Gasteiger charge is -2.22. The molecule has 0 bridgehead atoms. The van der Waals surface area contributed by atoms with Crippen LogP contribution in [0.2, 0.25) is 0 Å². The number of carbonyl (C=O) groups excluding carboxylic acids is 2. The first-order valence-electron chi connectivity index (χ1n) is 9.24. The van der Waals surface area contributed by atoms with Crippen LogP contribution in [0.5, 0.6) is 11.5 Å². The van der Waals surface area contributed by atoms with E-state index in [1.165, 1.54) is 25.6 Å². The van der Waals surface area contributed by atoms with Gasteiger partial charge >= 0.3 is 0 Å². The second-order valence-electron chi connectivity index (χ2n) is 6.58. The number of para-hydroxylation sites is 1. The fourth-order valence-electron chi connectivity index (χ4n) is 3.44. The molecule has 0 aliphatic carbocycles. The molecule has 2 amide bonds. The van der Waals surface area contributed by atoms with Crippen molar-refractivity contribution in [1.82, 2.24) is 0 Å². The van der Waals surface area contributed by atoms with Gasteiger partial charge in [-0.2, -0.15) is 0 Å². The van der Waals surface area contributed by atoms with Crippen LogP contribution >= 0.6 is 11.3 Å². The molecular weight excluding hydrogens is 400 g/mol. The van der Waals surface area contributed by atoms with E-state index in [4.69, 9.17) is 9.47 Å². The summed E-state index contributed by atoms with van der Waals surface area (Å²) in [6.45, 7) is 0. The fraction of sp³-hybridized carbons (Fsp3) is 0.130. The van der Waals surface area contributed by atoms with E-state index in [0.717, 1.165) is 15.5 Å². The summed E-state index contributed by atoms with van der Waals surface area (Å²) in [5.41, 5.74) is 1.84. The van der Waals surface area contributed by atoms with E-state index in [1.54, 1.807) is 30.1 Å². The number of hydrogen-bond donors (Lipinski definition) is 0. The van der Waals surface area contributed by atoms with Gasteiger partial charge in [-0.15, -0.1) is 11.3 Å². The van der Waals surface area contributed by atoms with Crippen LogP contribution in [0.3, 0.4) is 0 Å². The predicted octanol–water partition coefficient (Wildman–Crippen LogP) is 4.19. The van der Waals surface area contributed by atoms with Gasteiger partial charge in [-0.25, -0.2) is 4.90 Å². The molecule has 0 radical (unpaired) electrons. The molecule has 152 valence electrons. The van der Waals surface area contributed by atoms with Gasteiger partial charge in [0.1, 0.15) is 17.2 Å². The first-order chi connectivity index (χ1) is 14.6. The van der Waals surface area contributed by atoms with Gasteiger partial charge in [-0.1, -0.05) is 24.3 Å². The molecule has 7 heteroatoms. The number of hydrogen-bond acceptors (Lipinski definition) is 6. The number of anilines is 2. The molecule has 0 saturated carbocycles. The maximum atomic E-state index is 13.6. The normalized spacial score (nSPS) is 13.8. The van der Waals surface area contributed by atoms with E-state index < -0.39 is 11.8 Å². The SMILES string of the molecule is COc1ccc(OC)c(N2C(=O)C(c3cccs3)=C(N(C)c3ccccc3)C2=O)c1. The lowest BCUT2D eigenvalue weighted by Crippen LogP contribution is -2.34. The van der Waals surface area contributed by atoms with Gasteiger partial charge in [0.05, 0.1) is 25.5 Å². The standard InChI is InChI=1S/C23H20N2O4S/c1-24(15-8-5-4-6-9-15)21-20(19-10-7-13-30-19)22(26)25(23(21)27)17-14-16(28-2)11-12-18(17)29-3/h4-14H,1-3H3. The van der Waals surface area contributed by atoms with Gasteiger partial charge in [0.2, 0.25) is 0 Å². The summed E-state index contributed by atoms with van der Waals surface area (Å²) >= 11 is 1.42. The number of thiophene rings is 1. The molecule has 1 aromatic heterocycles. The van der Waals surface area contributed by atoms with Crippen LogP contribution in [0.1, 0.15) is 4.88 Å². The number of carbonyl (C=O) groups is 2. The van der Waals surface area contributed by atoms with E-state index in [2.05, 4.69) is 0 Å². The van der Waals surface area contributed by atoms with E-state index in [-0.39, 0.29) is 0 Å². The van der Waals surface area contributed by atoms with Crippen LogP contribution < -0.4 is 19.3 Å². The molecule has 0 atom stereocenters. The van der Waals surface area contributed by atoms with Crippen LogP contribution in [0, 0.1) is 0 Å². The highest BCUT2D eigenvalue weighted by Gasteiger charge is 2.43. The summed E-state index contributed by atoms with van der Waals surface area (Å²) in [5, 5.41) is 1.88. The molecule has 0 N–H and O–H groups in total. The summed E-state index contributed by atoms with van der Waals surface area (Å²) in [6, 6.07) is 18.2. The van der Waals surface area contributed by atoms with Gasteiger partial charge < -0.3 is 14.4 Å². The number of benzene rings is 2. The van der Waals surface area contributed by atoms with Crippen molar-refractivity contribution in [3.8, 4) is 11.5 Å². The van der Waals surface area contributed by atoms with Crippen LogP contribution in [-0.4, -0.2) is 33.1 Å². The molecule has 0 unspecified atom stereocenters. The van der Waals surface area contributed by atoms with Crippen LogP contribution in [0.15, 0.2) is 71.7 Å². The van der Waals surface area contributed by atoms with Crippen molar-refractivity contribution in [2.45, 2.75) is 0 Å². The molecule has 3 aromatic rings. The van der Waals surface area contributed by atoms with Gasteiger partial charge in [0, 0.05) is 23.7 Å². The Balaban J connectivity index is 1.88. The Kier molecular flexibility index (Phi) is 5.29. The Morgan fingerprint density at radius 1 is 0.900 bits per heavy atom. The predicted molar refractivity (Wildman–Crippen MR) is 118 cm³/mol. The molecule has 0 spiro atoms. The number of methoxy groups -OCH3 is 2. The van der Waals surface area contributed by atoms with Crippen molar-refractivity contribution in [2.24, 2.45) is 0 Å². The lowest BCUT2D eigenvalue weighted by atomic mass is 10.1. The second kappa shape index (κ2) is 8.04. The molecule has 2 aromatic carbocycles. The number of likely N-dealkylation sites (N-methyl/N-ethyl adjacent to an activating group) is 1. The first-order valence-corrected chi connectivity index (χ1v) is 10.1. The molecule has 2 heterocycles. The minimum absolute atomic E-state index is 0.318. The van der Waals surface area contributed by atoms with Crippen LogP contribution in [0.4, 0.5) is 11.4 Å². The molecular formula is C23H20N2O4S. The molecule has 0 fully saturated rings. The highest BCUT2D eigenvalue weighted by molar-refractivity contribution is 7.11. The van der Waals surface area contributed by atoms with Crippen LogP contribution in [0.25, 0.3) is 5.57 Å². The Hall–Kier alpha value is -3.58. The van der Waals surface area contributed by atoms with Crippen molar-refractivity contribution in [3.63, 3.8) is 0 Å². The Morgan fingerprint density at radius 3 is 2.30 bits per heavy atom. The first kappa shape index (κ1) is 19.7. The van der Waals surface area contributed by atoms with E-state index >= 15 is 0 Å². The zero-order valence-corrected chi connectivity index (χ0v) is 17.6. The van der Waals surface area contributed by atoms with Crippen molar-refractivity contribution in [2.75, 3.05) is 31.1 Å². The topological polar surface area (TPSA) is 59.1 Å². The Morgan fingerprint density at radius 2 is 1.67 bits per heavy atom. The van der Waals surface area contributed by atoms with Crippen molar-refractivity contribution in [1.29, 1.82) is 0 Å². The summed E-state index contributed by atoms with van der Waals surface area (Å²) in [6.07, 6.45) is 0. The zero-order chi connectivity index (χ0) is 21.3. The van der Waals surface area contributed by atoms with Crippen LogP contribution in [-0.2, 0) is 9.59 Å². The average molecular weight is 420 g/mol. The average Bonchev–Trinajstić information content (AvgIpc) is 3.39. The van der Waals surface area contributed by atoms with Crippen molar-refractivity contribution >= 4 is 40.1 Å². The Labute approximate surface area is 178 Å². The van der Waals surface area contributed by atoms with Gasteiger partial charge in [0.25, 0.3) is 11.8 Å². The molecule has 4 rings (SSSR count). The number of amides is 2.